The summed E-state index contributed by atoms with van der Waals surface area (Å²) in [6, 6.07) is 13.4. The van der Waals surface area contributed by atoms with E-state index in [0.717, 1.165) is 5.56 Å². The van der Waals surface area contributed by atoms with Crippen molar-refractivity contribution in [2.75, 3.05) is 18.6 Å². The van der Waals surface area contributed by atoms with E-state index in [2.05, 4.69) is 5.32 Å². The van der Waals surface area contributed by atoms with Crippen LogP contribution in [0.4, 0.5) is 0 Å². The molecule has 2 aromatic carbocycles. The Balaban J connectivity index is 1.88. The standard InChI is InChI=1S/C19H23NO5S2/c1-14-10-16(8-9-18(14)25-2)27(23,24)19-13-26(21,22)12-17(19)20-11-15-6-4-3-5-7-15/h3-10,17,19-20H,11-13H2,1-2H3/t17-,19+/m1/s1. The molecule has 0 amide bonds. The van der Waals surface area contributed by atoms with Crippen LogP contribution < -0.4 is 10.1 Å². The normalized spacial score (nSPS) is 21.9. The first kappa shape index (κ1) is 19.9. The van der Waals surface area contributed by atoms with E-state index in [9.17, 15) is 16.8 Å². The van der Waals surface area contributed by atoms with Gasteiger partial charge in [0.05, 0.1) is 28.8 Å². The Bertz CT molecular complexity index is 1020. The molecule has 3 rings (SSSR count). The van der Waals surface area contributed by atoms with Crippen molar-refractivity contribution in [1.82, 2.24) is 5.32 Å². The molecule has 1 heterocycles. The molecule has 2 aromatic rings. The van der Waals surface area contributed by atoms with E-state index < -0.39 is 31.0 Å². The minimum absolute atomic E-state index is 0.120. The number of nitrogens with one attached hydrogen (secondary N) is 1. The Kier molecular flexibility index (Phi) is 5.60. The molecular formula is C19H23NO5S2. The van der Waals surface area contributed by atoms with Crippen molar-refractivity contribution in [3.05, 3.63) is 59.7 Å². The van der Waals surface area contributed by atoms with Gasteiger partial charge in [0.2, 0.25) is 0 Å². The Morgan fingerprint density at radius 2 is 1.81 bits per heavy atom. The lowest BCUT2D eigenvalue weighted by atomic mass is 10.2. The number of benzene rings is 2. The lowest BCUT2D eigenvalue weighted by molar-refractivity contribution is 0.411. The van der Waals surface area contributed by atoms with Crippen LogP contribution in [0.15, 0.2) is 53.4 Å². The molecule has 0 aliphatic carbocycles. The van der Waals surface area contributed by atoms with Crippen LogP contribution in [-0.4, -0.2) is 46.7 Å². The molecule has 1 aliphatic heterocycles. The van der Waals surface area contributed by atoms with E-state index in [4.69, 9.17) is 4.74 Å². The van der Waals surface area contributed by atoms with E-state index in [0.29, 0.717) is 17.9 Å². The lowest BCUT2D eigenvalue weighted by Crippen LogP contribution is -2.43. The molecular weight excluding hydrogens is 386 g/mol. The molecule has 1 fully saturated rings. The first-order valence-corrected chi connectivity index (χ1v) is 12.0. The molecule has 0 saturated carbocycles. The first-order valence-electron chi connectivity index (χ1n) is 8.59. The summed E-state index contributed by atoms with van der Waals surface area (Å²) in [6.45, 7) is 2.17. The summed E-state index contributed by atoms with van der Waals surface area (Å²) in [6.07, 6.45) is 0. The van der Waals surface area contributed by atoms with Gasteiger partial charge in [0.15, 0.2) is 19.7 Å². The number of methoxy groups -OCH3 is 1. The Hall–Kier alpha value is -1.90. The molecule has 27 heavy (non-hydrogen) atoms. The summed E-state index contributed by atoms with van der Waals surface area (Å²) in [5.74, 6) is 0.0397. The molecule has 0 bridgehead atoms. The zero-order valence-corrected chi connectivity index (χ0v) is 16.9. The highest BCUT2D eigenvalue weighted by Gasteiger charge is 2.45. The summed E-state index contributed by atoms with van der Waals surface area (Å²) in [5, 5.41) is 2.12. The predicted molar refractivity (Wildman–Crippen MR) is 104 cm³/mol. The summed E-state index contributed by atoms with van der Waals surface area (Å²) in [4.78, 5) is 0.120. The average Bonchev–Trinajstić information content (AvgIpc) is 2.96. The van der Waals surface area contributed by atoms with E-state index in [-0.39, 0.29) is 16.4 Å². The Morgan fingerprint density at radius 3 is 2.44 bits per heavy atom. The van der Waals surface area contributed by atoms with Gasteiger partial charge in [-0.3, -0.25) is 0 Å². The minimum atomic E-state index is -3.81. The fourth-order valence-corrected chi connectivity index (χ4v) is 8.16. The number of ether oxygens (including phenoxy) is 1. The highest BCUT2D eigenvalue weighted by molar-refractivity contribution is 7.96. The van der Waals surface area contributed by atoms with Crippen molar-refractivity contribution in [3.63, 3.8) is 0 Å². The maximum absolute atomic E-state index is 13.2. The predicted octanol–water partition coefficient (Wildman–Crippen LogP) is 1.73. The topological polar surface area (TPSA) is 89.5 Å². The fourth-order valence-electron chi connectivity index (χ4n) is 3.36. The van der Waals surface area contributed by atoms with E-state index in [1.54, 1.807) is 13.0 Å². The van der Waals surface area contributed by atoms with Crippen LogP contribution in [0.25, 0.3) is 0 Å². The molecule has 146 valence electrons. The van der Waals surface area contributed by atoms with Crippen LogP contribution in [0.5, 0.6) is 5.75 Å². The monoisotopic (exact) mass is 409 g/mol. The molecule has 6 nitrogen and oxygen atoms in total. The van der Waals surface area contributed by atoms with Gasteiger partial charge in [0.1, 0.15) is 5.75 Å². The van der Waals surface area contributed by atoms with Gasteiger partial charge >= 0.3 is 0 Å². The van der Waals surface area contributed by atoms with Gasteiger partial charge < -0.3 is 10.1 Å². The molecule has 0 spiro atoms. The minimum Gasteiger partial charge on any atom is -0.496 e. The van der Waals surface area contributed by atoms with Crippen molar-refractivity contribution in [2.24, 2.45) is 0 Å². The van der Waals surface area contributed by atoms with Gasteiger partial charge in [-0.15, -0.1) is 0 Å². The highest BCUT2D eigenvalue weighted by atomic mass is 32.2. The number of hydrogen-bond donors (Lipinski definition) is 1. The molecule has 1 saturated heterocycles. The number of sulfone groups is 2. The quantitative estimate of drug-likeness (QED) is 0.782. The van der Waals surface area contributed by atoms with Crippen LogP contribution in [0.2, 0.25) is 0 Å². The van der Waals surface area contributed by atoms with Gasteiger partial charge in [0, 0.05) is 12.6 Å². The second-order valence-electron chi connectivity index (χ2n) is 6.76. The fraction of sp³-hybridized carbons (Fsp3) is 0.368. The van der Waals surface area contributed by atoms with Gasteiger partial charge in [0.25, 0.3) is 0 Å². The molecule has 8 heteroatoms. The third kappa shape index (κ3) is 4.34. The van der Waals surface area contributed by atoms with E-state index in [1.165, 1.54) is 19.2 Å². The molecule has 0 aromatic heterocycles. The Labute approximate surface area is 160 Å². The van der Waals surface area contributed by atoms with Crippen LogP contribution >= 0.6 is 0 Å². The zero-order valence-electron chi connectivity index (χ0n) is 15.3. The molecule has 1 aliphatic rings. The van der Waals surface area contributed by atoms with Crippen LogP contribution in [0, 0.1) is 6.92 Å². The van der Waals surface area contributed by atoms with Crippen LogP contribution in [0.3, 0.4) is 0 Å². The summed E-state index contributed by atoms with van der Waals surface area (Å²) < 4.78 is 55.8. The number of aryl methyl sites for hydroxylation is 1. The maximum Gasteiger partial charge on any atom is 0.183 e. The first-order chi connectivity index (χ1) is 12.7. The van der Waals surface area contributed by atoms with E-state index in [1.807, 2.05) is 30.3 Å². The third-order valence-electron chi connectivity index (χ3n) is 4.81. The second-order valence-corrected chi connectivity index (χ2v) is 11.1. The van der Waals surface area contributed by atoms with Crippen molar-refractivity contribution >= 4 is 19.7 Å². The Morgan fingerprint density at radius 1 is 1.11 bits per heavy atom. The summed E-state index contributed by atoms with van der Waals surface area (Å²) in [5.41, 5.74) is 1.66. The van der Waals surface area contributed by atoms with Gasteiger partial charge in [-0.1, -0.05) is 30.3 Å². The molecule has 0 unspecified atom stereocenters. The van der Waals surface area contributed by atoms with Gasteiger partial charge in [-0.05, 0) is 36.2 Å². The highest BCUT2D eigenvalue weighted by Crippen LogP contribution is 2.29. The largest absolute Gasteiger partial charge is 0.496 e. The van der Waals surface area contributed by atoms with Crippen LogP contribution in [0.1, 0.15) is 11.1 Å². The average molecular weight is 410 g/mol. The molecule has 0 radical (unpaired) electrons. The van der Waals surface area contributed by atoms with Crippen molar-refractivity contribution in [1.29, 1.82) is 0 Å². The molecule has 2 atom stereocenters. The SMILES string of the molecule is COc1ccc(S(=O)(=O)[C@H]2CS(=O)(=O)C[C@H]2NCc2ccccc2)cc1C. The number of rotatable bonds is 6. The second kappa shape index (κ2) is 7.61. The van der Waals surface area contributed by atoms with Crippen molar-refractivity contribution < 1.29 is 21.6 Å². The van der Waals surface area contributed by atoms with E-state index >= 15 is 0 Å². The maximum atomic E-state index is 13.2. The smallest absolute Gasteiger partial charge is 0.183 e. The summed E-state index contributed by atoms with van der Waals surface area (Å²) in [7, 11) is -5.72. The van der Waals surface area contributed by atoms with Gasteiger partial charge in [-0.2, -0.15) is 0 Å². The summed E-state index contributed by atoms with van der Waals surface area (Å²) >= 11 is 0. The molecule has 1 N–H and O–H groups in total. The van der Waals surface area contributed by atoms with Crippen molar-refractivity contribution in [3.8, 4) is 5.75 Å². The van der Waals surface area contributed by atoms with Crippen molar-refractivity contribution in [2.45, 2.75) is 29.7 Å². The lowest BCUT2D eigenvalue weighted by Gasteiger charge is -2.20. The zero-order chi connectivity index (χ0) is 19.7. The van der Waals surface area contributed by atoms with Gasteiger partial charge in [-0.25, -0.2) is 16.8 Å². The number of hydrogen-bond acceptors (Lipinski definition) is 6. The third-order valence-corrected chi connectivity index (χ3v) is 8.95. The van der Waals surface area contributed by atoms with Crippen LogP contribution in [-0.2, 0) is 26.2 Å².